The third kappa shape index (κ3) is 5.87. The molecule has 9 heteroatoms. The normalized spacial score (nSPS) is 14.2. The molecule has 0 radical (unpaired) electrons. The lowest BCUT2D eigenvalue weighted by Crippen LogP contribution is -2.29. The Kier molecular flexibility index (Phi) is 7.79. The van der Waals surface area contributed by atoms with Crippen molar-refractivity contribution in [1.29, 1.82) is 0 Å². The Morgan fingerprint density at radius 1 is 1.06 bits per heavy atom. The fourth-order valence-corrected chi connectivity index (χ4v) is 4.46. The summed E-state index contributed by atoms with van der Waals surface area (Å²) in [5.74, 6) is 1.16. The van der Waals surface area contributed by atoms with Crippen LogP contribution in [-0.4, -0.2) is 48.4 Å². The first-order chi connectivity index (χ1) is 17.0. The van der Waals surface area contributed by atoms with Gasteiger partial charge in [0.1, 0.15) is 5.82 Å². The molecule has 0 bridgehead atoms. The third-order valence-electron chi connectivity index (χ3n) is 6.29. The maximum absolute atomic E-state index is 12.6. The van der Waals surface area contributed by atoms with Crippen LogP contribution in [0.1, 0.15) is 29.9 Å². The van der Waals surface area contributed by atoms with Crippen molar-refractivity contribution in [2.24, 2.45) is 0 Å². The van der Waals surface area contributed by atoms with Gasteiger partial charge in [0, 0.05) is 29.8 Å². The molecule has 4 heterocycles. The number of piperidine rings is 1. The number of aryl methyl sites for hydroxylation is 1. The summed E-state index contributed by atoms with van der Waals surface area (Å²) in [7, 11) is 2.18. The summed E-state index contributed by atoms with van der Waals surface area (Å²) >= 11 is -0.750. The molecule has 2 N–H and O–H groups in total. The van der Waals surface area contributed by atoms with Crippen LogP contribution in [0.4, 0.5) is 11.5 Å². The van der Waals surface area contributed by atoms with Crippen LogP contribution in [-0.2, 0) is 11.6 Å². The molecule has 0 spiro atoms. The van der Waals surface area contributed by atoms with E-state index in [1.807, 2.05) is 25.3 Å². The van der Waals surface area contributed by atoms with Crippen molar-refractivity contribution in [3.05, 3.63) is 82.5 Å². The number of nitrogens with one attached hydrogen (secondary N) is 2. The van der Waals surface area contributed by atoms with Crippen LogP contribution < -0.4 is 10.9 Å². The van der Waals surface area contributed by atoms with E-state index in [9.17, 15) is 4.79 Å². The van der Waals surface area contributed by atoms with Gasteiger partial charge >= 0.3 is 11.6 Å². The van der Waals surface area contributed by atoms with Gasteiger partial charge in [-0.2, -0.15) is 8.42 Å². The second-order valence-electron chi connectivity index (χ2n) is 8.77. The van der Waals surface area contributed by atoms with Crippen molar-refractivity contribution in [2.75, 3.05) is 25.5 Å². The highest BCUT2D eigenvalue weighted by Crippen LogP contribution is 2.31. The number of fused-ring (bicyclic) bond motifs is 1. The molecule has 5 rings (SSSR count). The first-order valence-electron chi connectivity index (χ1n) is 11.4. The summed E-state index contributed by atoms with van der Waals surface area (Å²) in [6.07, 6.45) is 7.67. The van der Waals surface area contributed by atoms with Crippen LogP contribution in [0.15, 0.2) is 65.8 Å². The van der Waals surface area contributed by atoms with E-state index in [-0.39, 0.29) is 5.56 Å². The van der Waals surface area contributed by atoms with Crippen LogP contribution >= 0.6 is 0 Å². The highest BCUT2D eigenvalue weighted by molar-refractivity contribution is 7.51. The minimum absolute atomic E-state index is 0.158. The van der Waals surface area contributed by atoms with E-state index >= 15 is 0 Å². The van der Waals surface area contributed by atoms with E-state index in [1.54, 1.807) is 12.4 Å². The Hall–Kier alpha value is -3.69. The zero-order chi connectivity index (χ0) is 24.8. The molecule has 35 heavy (non-hydrogen) atoms. The summed E-state index contributed by atoms with van der Waals surface area (Å²) in [5, 5.41) is 4.78. The molecule has 1 fully saturated rings. The van der Waals surface area contributed by atoms with E-state index in [1.165, 1.54) is 18.4 Å². The highest BCUT2D eigenvalue weighted by Gasteiger charge is 2.18. The van der Waals surface area contributed by atoms with Gasteiger partial charge in [-0.25, -0.2) is 4.98 Å². The molecule has 180 valence electrons. The molecule has 3 aromatic heterocycles. The molecule has 0 saturated carbocycles. The third-order valence-corrected chi connectivity index (χ3v) is 6.29. The minimum Gasteiger partial charge on any atom is -0.340 e. The molecule has 0 amide bonds. The first-order valence-corrected chi connectivity index (χ1v) is 12.1. The molecule has 1 aliphatic heterocycles. The number of aromatic nitrogens is 3. The van der Waals surface area contributed by atoms with Crippen molar-refractivity contribution in [2.45, 2.75) is 25.7 Å². The van der Waals surface area contributed by atoms with Gasteiger partial charge in [0.05, 0.1) is 11.1 Å². The molecule has 0 unspecified atom stereocenters. The maximum Gasteiger partial charge on any atom is 0.335 e. The Morgan fingerprint density at radius 2 is 1.77 bits per heavy atom. The number of nitrogens with zero attached hydrogens (tertiary/aromatic N) is 3. The number of H-pyrrole nitrogens is 1. The predicted molar refractivity (Wildman–Crippen MR) is 138 cm³/mol. The van der Waals surface area contributed by atoms with Gasteiger partial charge in [-0.05, 0) is 92.7 Å². The number of hydrogen-bond acceptors (Lipinski definition) is 7. The zero-order valence-electron chi connectivity index (χ0n) is 19.7. The van der Waals surface area contributed by atoms with Gasteiger partial charge in [-0.15, -0.1) is 0 Å². The number of benzene rings is 1. The fourth-order valence-electron chi connectivity index (χ4n) is 4.46. The summed E-state index contributed by atoms with van der Waals surface area (Å²) in [4.78, 5) is 26.9. The zero-order valence-corrected chi connectivity index (χ0v) is 20.5. The molecule has 1 saturated heterocycles. The number of aromatic amines is 1. The van der Waals surface area contributed by atoms with Gasteiger partial charge < -0.3 is 15.2 Å². The van der Waals surface area contributed by atoms with Gasteiger partial charge in [-0.1, -0.05) is 12.1 Å². The van der Waals surface area contributed by atoms with Crippen LogP contribution in [0.3, 0.4) is 0 Å². The molecular formula is C26H27N5O3S. The van der Waals surface area contributed by atoms with E-state index in [0.717, 1.165) is 41.0 Å². The average molecular weight is 490 g/mol. The van der Waals surface area contributed by atoms with Gasteiger partial charge in [0.2, 0.25) is 0 Å². The lowest BCUT2D eigenvalue weighted by atomic mass is 9.89. The van der Waals surface area contributed by atoms with Crippen molar-refractivity contribution < 1.29 is 8.42 Å². The average Bonchev–Trinajstić information content (AvgIpc) is 2.85. The molecule has 1 aliphatic rings. The SMILES string of the molecule is Cc1cncc(-c2cc3cc[nH]c(=O)c3c(Nc3ccc(C4CCN(C)CC4)cc3)n2)c1.O=S=O. The molecule has 4 aromatic rings. The van der Waals surface area contributed by atoms with E-state index in [2.05, 4.69) is 57.6 Å². The Balaban J connectivity index is 0.000000917. The summed E-state index contributed by atoms with van der Waals surface area (Å²) in [6, 6.07) is 14.4. The lowest BCUT2D eigenvalue weighted by molar-refractivity contribution is 0.255. The smallest absolute Gasteiger partial charge is 0.335 e. The predicted octanol–water partition coefficient (Wildman–Crippen LogP) is 4.18. The van der Waals surface area contributed by atoms with Crippen LogP contribution in [0.5, 0.6) is 0 Å². The number of anilines is 2. The molecule has 8 nitrogen and oxygen atoms in total. The van der Waals surface area contributed by atoms with Crippen molar-refractivity contribution in [3.63, 3.8) is 0 Å². The van der Waals surface area contributed by atoms with Crippen LogP contribution in [0.25, 0.3) is 22.0 Å². The summed E-state index contributed by atoms with van der Waals surface area (Å²) in [5.41, 5.74) is 4.90. The van der Waals surface area contributed by atoms with Gasteiger partial charge in [0.15, 0.2) is 0 Å². The number of pyridine rings is 3. The summed E-state index contributed by atoms with van der Waals surface area (Å²) < 4.78 is 16.6. The number of hydrogen-bond donors (Lipinski definition) is 2. The monoisotopic (exact) mass is 489 g/mol. The Bertz CT molecular complexity index is 1410. The second kappa shape index (κ2) is 11.2. The first kappa shape index (κ1) is 24.4. The summed E-state index contributed by atoms with van der Waals surface area (Å²) in [6.45, 7) is 4.29. The van der Waals surface area contributed by atoms with Crippen molar-refractivity contribution in [1.82, 2.24) is 19.9 Å². The minimum atomic E-state index is -0.750. The maximum atomic E-state index is 12.6. The number of rotatable bonds is 4. The van der Waals surface area contributed by atoms with Crippen molar-refractivity contribution in [3.8, 4) is 11.3 Å². The van der Waals surface area contributed by atoms with Crippen molar-refractivity contribution >= 4 is 33.8 Å². The lowest BCUT2D eigenvalue weighted by Gasteiger charge is -2.29. The van der Waals surface area contributed by atoms with Gasteiger partial charge in [-0.3, -0.25) is 9.78 Å². The Labute approximate surface area is 207 Å². The topological polar surface area (TPSA) is 108 Å². The fraction of sp³-hybridized carbons (Fsp3) is 0.269. The van der Waals surface area contributed by atoms with Gasteiger partial charge in [0.25, 0.3) is 5.56 Å². The number of likely N-dealkylation sites (tertiary alicyclic amines) is 1. The standard InChI is InChI=1S/C26H27N5O.O2S/c1-17-13-21(16-27-15-17)23-14-20-7-10-28-26(32)24(20)25(30-23)29-22-5-3-18(4-6-22)19-8-11-31(2)12-9-19;1-3-2/h3-7,10,13-16,19H,8-9,11-12H2,1-2H3,(H,28,32)(H,29,30);. The van der Waals surface area contributed by atoms with Crippen LogP contribution in [0.2, 0.25) is 0 Å². The molecule has 0 atom stereocenters. The van der Waals surface area contributed by atoms with E-state index in [0.29, 0.717) is 17.1 Å². The molecule has 1 aromatic carbocycles. The quantitative estimate of drug-likeness (QED) is 0.443. The van der Waals surface area contributed by atoms with E-state index in [4.69, 9.17) is 13.4 Å². The largest absolute Gasteiger partial charge is 0.340 e. The van der Waals surface area contributed by atoms with Crippen LogP contribution in [0, 0.1) is 6.92 Å². The highest BCUT2D eigenvalue weighted by atomic mass is 32.1. The molecule has 0 aliphatic carbocycles. The van der Waals surface area contributed by atoms with E-state index < -0.39 is 11.6 Å². The molecular weight excluding hydrogens is 462 g/mol. The second-order valence-corrected chi connectivity index (χ2v) is 8.91. The Morgan fingerprint density at radius 3 is 2.46 bits per heavy atom.